The summed E-state index contributed by atoms with van der Waals surface area (Å²) in [4.78, 5) is 4.38. The molecule has 1 heterocycles. The van der Waals surface area contributed by atoms with Crippen molar-refractivity contribution < 1.29 is 5.11 Å². The molecule has 1 atom stereocenters. The molecule has 0 spiro atoms. The predicted molar refractivity (Wildman–Crippen MR) is 67.9 cm³/mol. The van der Waals surface area contributed by atoms with E-state index in [0.717, 1.165) is 30.2 Å². The predicted octanol–water partition coefficient (Wildman–Crippen LogP) is 2.31. The number of nitrogens with one attached hydrogen (secondary N) is 1. The van der Waals surface area contributed by atoms with Gasteiger partial charge in [-0.3, -0.25) is 0 Å². The molecule has 1 unspecified atom stereocenters. The lowest BCUT2D eigenvalue weighted by molar-refractivity contribution is 0.259. The number of aromatic nitrogens is 2. The van der Waals surface area contributed by atoms with Crippen LogP contribution in [0.25, 0.3) is 0 Å². The topological polar surface area (TPSA) is 58.0 Å². The zero-order valence-electron chi connectivity index (χ0n) is 10.2. The van der Waals surface area contributed by atoms with Gasteiger partial charge in [0.15, 0.2) is 0 Å². The molecule has 0 radical (unpaired) electrons. The summed E-state index contributed by atoms with van der Waals surface area (Å²) >= 11 is 1.38. The van der Waals surface area contributed by atoms with Gasteiger partial charge in [0.05, 0.1) is 12.6 Å². The molecule has 92 valence electrons. The van der Waals surface area contributed by atoms with E-state index in [9.17, 15) is 5.11 Å². The quantitative estimate of drug-likeness (QED) is 0.771. The van der Waals surface area contributed by atoms with Crippen LogP contribution in [0.5, 0.6) is 0 Å². The Morgan fingerprint density at radius 3 is 2.75 bits per heavy atom. The van der Waals surface area contributed by atoms with Gasteiger partial charge >= 0.3 is 0 Å². The summed E-state index contributed by atoms with van der Waals surface area (Å²) < 4.78 is 4.26. The van der Waals surface area contributed by atoms with Crippen LogP contribution in [0.3, 0.4) is 0 Å². The van der Waals surface area contributed by atoms with E-state index in [1.807, 2.05) is 0 Å². The lowest BCUT2D eigenvalue weighted by Gasteiger charge is -2.16. The Morgan fingerprint density at radius 1 is 1.44 bits per heavy atom. The molecule has 0 aromatic carbocycles. The highest BCUT2D eigenvalue weighted by molar-refractivity contribution is 7.09. The summed E-state index contributed by atoms with van der Waals surface area (Å²) in [6.45, 7) is 6.55. The number of hydrogen-bond donors (Lipinski definition) is 2. The molecule has 0 aliphatic rings. The van der Waals surface area contributed by atoms with Gasteiger partial charge in [0.2, 0.25) is 5.13 Å². The second-order valence-corrected chi connectivity index (χ2v) is 5.17. The third-order valence-electron chi connectivity index (χ3n) is 2.25. The Morgan fingerprint density at radius 2 is 2.19 bits per heavy atom. The Bertz CT molecular complexity index is 301. The SMILES string of the molecule is CCCc1nsc(NC(CO)CC(C)C)n1. The fourth-order valence-corrected chi connectivity index (χ4v) is 2.25. The fraction of sp³-hybridized carbons (Fsp3) is 0.818. The Hall–Kier alpha value is -0.680. The fourth-order valence-electron chi connectivity index (χ4n) is 1.56. The number of aliphatic hydroxyl groups excluding tert-OH is 1. The lowest BCUT2D eigenvalue weighted by Crippen LogP contribution is -2.25. The first-order chi connectivity index (χ1) is 7.65. The first-order valence-corrected chi connectivity index (χ1v) is 6.63. The molecule has 0 fully saturated rings. The molecule has 16 heavy (non-hydrogen) atoms. The van der Waals surface area contributed by atoms with Gasteiger partial charge in [-0.2, -0.15) is 4.37 Å². The van der Waals surface area contributed by atoms with Gasteiger partial charge in [0, 0.05) is 18.0 Å². The number of aliphatic hydroxyl groups is 1. The molecule has 0 saturated carbocycles. The van der Waals surface area contributed by atoms with Crippen molar-refractivity contribution in [1.82, 2.24) is 9.36 Å². The minimum Gasteiger partial charge on any atom is -0.394 e. The van der Waals surface area contributed by atoms with Gasteiger partial charge in [-0.25, -0.2) is 4.98 Å². The highest BCUT2D eigenvalue weighted by Crippen LogP contribution is 2.16. The van der Waals surface area contributed by atoms with Crippen molar-refractivity contribution >= 4 is 16.7 Å². The molecule has 0 saturated heterocycles. The second-order valence-electron chi connectivity index (χ2n) is 4.42. The summed E-state index contributed by atoms with van der Waals surface area (Å²) in [5.41, 5.74) is 0. The first kappa shape index (κ1) is 13.4. The molecule has 1 rings (SSSR count). The standard InChI is InChI=1S/C11H21N3OS/c1-4-5-10-13-11(16-14-10)12-9(7-15)6-8(2)3/h8-9,15H,4-7H2,1-3H3,(H,12,13,14). The van der Waals surface area contributed by atoms with Crippen molar-refractivity contribution in [3.63, 3.8) is 0 Å². The summed E-state index contributed by atoms with van der Waals surface area (Å²) in [5.74, 6) is 1.46. The van der Waals surface area contributed by atoms with Crippen molar-refractivity contribution in [2.45, 2.75) is 46.1 Å². The van der Waals surface area contributed by atoms with E-state index in [0.29, 0.717) is 5.92 Å². The first-order valence-electron chi connectivity index (χ1n) is 5.85. The smallest absolute Gasteiger partial charge is 0.202 e. The van der Waals surface area contributed by atoms with Gasteiger partial charge in [0.25, 0.3) is 0 Å². The van der Waals surface area contributed by atoms with Crippen LogP contribution in [0.15, 0.2) is 0 Å². The van der Waals surface area contributed by atoms with Crippen LogP contribution in [0, 0.1) is 5.92 Å². The summed E-state index contributed by atoms with van der Waals surface area (Å²) in [5, 5.41) is 13.3. The van der Waals surface area contributed by atoms with Crippen LogP contribution >= 0.6 is 11.5 Å². The Balaban J connectivity index is 2.49. The van der Waals surface area contributed by atoms with Gasteiger partial charge in [-0.05, 0) is 18.8 Å². The zero-order chi connectivity index (χ0) is 12.0. The third kappa shape index (κ3) is 4.45. The van der Waals surface area contributed by atoms with E-state index in [2.05, 4.69) is 35.4 Å². The molecule has 1 aromatic rings. The minimum absolute atomic E-state index is 0.0856. The highest BCUT2D eigenvalue weighted by Gasteiger charge is 2.12. The van der Waals surface area contributed by atoms with E-state index < -0.39 is 0 Å². The van der Waals surface area contributed by atoms with E-state index in [1.54, 1.807) is 0 Å². The normalized spacial score (nSPS) is 13.1. The molecule has 0 aliphatic heterocycles. The lowest BCUT2D eigenvalue weighted by atomic mass is 10.0. The van der Waals surface area contributed by atoms with Crippen LogP contribution in [0.1, 0.15) is 39.4 Å². The van der Waals surface area contributed by atoms with E-state index >= 15 is 0 Å². The van der Waals surface area contributed by atoms with E-state index in [4.69, 9.17) is 0 Å². The molecule has 2 N–H and O–H groups in total. The molecular weight excluding hydrogens is 222 g/mol. The number of nitrogens with zero attached hydrogens (tertiary/aromatic N) is 2. The maximum Gasteiger partial charge on any atom is 0.202 e. The van der Waals surface area contributed by atoms with Crippen molar-refractivity contribution in [1.29, 1.82) is 0 Å². The summed E-state index contributed by atoms with van der Waals surface area (Å²) in [6, 6.07) is 0.0856. The molecule has 4 nitrogen and oxygen atoms in total. The van der Waals surface area contributed by atoms with Crippen molar-refractivity contribution in [3.05, 3.63) is 5.82 Å². The van der Waals surface area contributed by atoms with Crippen LogP contribution in [-0.2, 0) is 6.42 Å². The average Bonchev–Trinajstić information content (AvgIpc) is 2.64. The van der Waals surface area contributed by atoms with Crippen molar-refractivity contribution in [2.75, 3.05) is 11.9 Å². The molecule has 1 aromatic heterocycles. The average molecular weight is 243 g/mol. The molecule has 0 bridgehead atoms. The zero-order valence-corrected chi connectivity index (χ0v) is 11.0. The Kier molecular flexibility index (Phi) is 5.69. The van der Waals surface area contributed by atoms with Crippen LogP contribution in [0.2, 0.25) is 0 Å². The van der Waals surface area contributed by atoms with Crippen molar-refractivity contribution in [3.8, 4) is 0 Å². The maximum absolute atomic E-state index is 9.24. The second kappa shape index (κ2) is 6.81. The van der Waals surface area contributed by atoms with Gasteiger partial charge < -0.3 is 10.4 Å². The number of aryl methyl sites for hydroxylation is 1. The number of hydrogen-bond acceptors (Lipinski definition) is 5. The molecule has 5 heteroatoms. The van der Waals surface area contributed by atoms with Crippen molar-refractivity contribution in [2.24, 2.45) is 5.92 Å². The van der Waals surface area contributed by atoms with Gasteiger partial charge in [-0.15, -0.1) is 0 Å². The van der Waals surface area contributed by atoms with E-state index in [-0.39, 0.29) is 12.6 Å². The molecular formula is C11H21N3OS. The monoisotopic (exact) mass is 243 g/mol. The third-order valence-corrected chi connectivity index (χ3v) is 2.93. The highest BCUT2D eigenvalue weighted by atomic mass is 32.1. The molecule has 0 aliphatic carbocycles. The summed E-state index contributed by atoms with van der Waals surface area (Å²) in [6.07, 6.45) is 2.93. The van der Waals surface area contributed by atoms with Crippen LogP contribution in [-0.4, -0.2) is 27.1 Å². The minimum atomic E-state index is 0.0856. The van der Waals surface area contributed by atoms with E-state index in [1.165, 1.54) is 11.5 Å². The summed E-state index contributed by atoms with van der Waals surface area (Å²) in [7, 11) is 0. The molecule has 0 amide bonds. The maximum atomic E-state index is 9.24. The Labute approximate surface area is 101 Å². The largest absolute Gasteiger partial charge is 0.394 e. The number of anilines is 1. The number of rotatable bonds is 7. The van der Waals surface area contributed by atoms with Crippen LogP contribution in [0.4, 0.5) is 5.13 Å². The van der Waals surface area contributed by atoms with Crippen LogP contribution < -0.4 is 5.32 Å². The van der Waals surface area contributed by atoms with Gasteiger partial charge in [-0.1, -0.05) is 20.8 Å². The van der Waals surface area contributed by atoms with Gasteiger partial charge in [0.1, 0.15) is 5.82 Å².